The maximum atomic E-state index is 10.4. The largest absolute Gasteiger partial charge is 1.00 e. The molecule has 1 aromatic carbocycles. The van der Waals surface area contributed by atoms with E-state index in [1.807, 2.05) is 26.0 Å². The molecule has 1 rings (SSSR count). The minimum absolute atomic E-state index is 0. The molecule has 0 fully saturated rings. The van der Waals surface area contributed by atoms with Crippen molar-refractivity contribution in [2.45, 2.75) is 72.1 Å². The summed E-state index contributed by atoms with van der Waals surface area (Å²) in [5, 5.41) is 9.63. The summed E-state index contributed by atoms with van der Waals surface area (Å²) in [6.45, 7) is 13.9. The van der Waals surface area contributed by atoms with Gasteiger partial charge in [-0.05, 0) is 38.3 Å². The Morgan fingerprint density at radius 3 is 1.93 bits per heavy atom. The Bertz CT molecular complexity index is 442. The van der Waals surface area contributed by atoms with Crippen LogP contribution in [0.3, 0.4) is 0 Å². The first-order valence-electron chi connectivity index (χ1n) is 9.63. The minimum Gasteiger partial charge on any atom is -0.382 e. The second-order valence-electron chi connectivity index (χ2n) is 5.58. The van der Waals surface area contributed by atoms with E-state index >= 15 is 0 Å². The van der Waals surface area contributed by atoms with E-state index in [0.717, 1.165) is 31.6 Å². The summed E-state index contributed by atoms with van der Waals surface area (Å²) in [5.74, 6) is 0.374. The molecule has 0 unspecified atom stereocenters. The van der Waals surface area contributed by atoms with Crippen molar-refractivity contribution in [2.75, 3.05) is 13.2 Å². The summed E-state index contributed by atoms with van der Waals surface area (Å²) in [6.07, 6.45) is 9.53. The van der Waals surface area contributed by atoms with Gasteiger partial charge in [-0.15, -0.1) is 23.3 Å². The third-order valence-electron chi connectivity index (χ3n) is 3.60. The van der Waals surface area contributed by atoms with E-state index in [1.54, 1.807) is 12.1 Å². The third kappa shape index (κ3) is 21.3. The molecule has 0 radical (unpaired) electrons. The summed E-state index contributed by atoms with van der Waals surface area (Å²) in [5.41, 5.74) is 0.924. The van der Waals surface area contributed by atoms with Crippen LogP contribution in [0.2, 0.25) is 0 Å². The van der Waals surface area contributed by atoms with E-state index < -0.39 is 5.09 Å². The Balaban J connectivity index is -0.000000623. The average molecular weight is 391 g/mol. The maximum absolute atomic E-state index is 10.4. The molecular formula is C21H37NNaO4+. The molecule has 5 nitrogen and oxygen atoms in total. The molecule has 0 aliphatic rings. The van der Waals surface area contributed by atoms with Gasteiger partial charge in [-0.3, -0.25) is 4.84 Å². The molecule has 150 valence electrons. The average Bonchev–Trinajstić information content (AvgIpc) is 2.65. The second-order valence-corrected chi connectivity index (χ2v) is 5.58. The number of nitrogens with zero attached hydrogens (tertiary/aromatic N) is 1. The Hall–Kier alpha value is -0.880. The summed E-state index contributed by atoms with van der Waals surface area (Å²) < 4.78 is 4.83. The van der Waals surface area contributed by atoms with Crippen LogP contribution in [0.25, 0.3) is 0 Å². The summed E-state index contributed by atoms with van der Waals surface area (Å²) >= 11 is 0. The molecule has 6 heteroatoms. The number of para-hydroxylation sites is 1. The normalized spacial score (nSPS) is 9.00. The van der Waals surface area contributed by atoms with Gasteiger partial charge in [-0.25, -0.2) is 0 Å². The molecule has 0 aromatic heterocycles. The third-order valence-corrected chi connectivity index (χ3v) is 3.60. The van der Waals surface area contributed by atoms with E-state index in [9.17, 15) is 10.1 Å². The molecule has 0 bridgehead atoms. The van der Waals surface area contributed by atoms with Gasteiger partial charge in [0.2, 0.25) is 0 Å². The predicted molar refractivity (Wildman–Crippen MR) is 109 cm³/mol. The van der Waals surface area contributed by atoms with Crippen molar-refractivity contribution in [3.8, 4) is 5.75 Å². The van der Waals surface area contributed by atoms with E-state index in [-0.39, 0.29) is 29.6 Å². The van der Waals surface area contributed by atoms with Gasteiger partial charge >= 0.3 is 29.6 Å². The first-order valence-corrected chi connectivity index (χ1v) is 9.63. The van der Waals surface area contributed by atoms with Gasteiger partial charge in [-0.1, -0.05) is 63.6 Å². The van der Waals surface area contributed by atoms with Crippen LogP contribution in [0.5, 0.6) is 5.75 Å². The fourth-order valence-corrected chi connectivity index (χ4v) is 2.36. The Morgan fingerprint density at radius 1 is 0.926 bits per heavy atom. The monoisotopic (exact) mass is 390 g/mol. The predicted octanol–water partition coefficient (Wildman–Crippen LogP) is 3.40. The molecular weight excluding hydrogens is 353 g/mol. The van der Waals surface area contributed by atoms with Gasteiger partial charge in [0.25, 0.3) is 5.09 Å². The zero-order valence-corrected chi connectivity index (χ0v) is 19.9. The second kappa shape index (κ2) is 25.1. The van der Waals surface area contributed by atoms with Gasteiger partial charge in [0.15, 0.2) is 0 Å². The standard InChI is InChI=1S/C15H23NO3.C4H10O.C2H4.Na/c1-2-3-4-5-6-7-8-11-14-12-9-10-13-15(14)19-16(17)18;1-3-5-4-2;1-2;/h9-10,12-13H,2-8,11H2,1H3;3-4H2,1-2H3;1-2H2;/q;;;+1. The fourth-order valence-electron chi connectivity index (χ4n) is 2.36. The molecule has 0 heterocycles. The first kappa shape index (κ1) is 30.8. The van der Waals surface area contributed by atoms with E-state index in [0.29, 0.717) is 5.75 Å². The molecule has 0 atom stereocenters. The van der Waals surface area contributed by atoms with Gasteiger partial charge < -0.3 is 4.74 Å². The van der Waals surface area contributed by atoms with Crippen molar-refractivity contribution in [1.29, 1.82) is 0 Å². The SMILES string of the molecule is C=C.CCCCCCCCCc1ccccc1O[N+](=O)[O-].CCOCC.[Na+]. The van der Waals surface area contributed by atoms with Gasteiger partial charge in [0, 0.05) is 13.2 Å². The quantitative estimate of drug-likeness (QED) is 0.180. The van der Waals surface area contributed by atoms with Crippen LogP contribution in [0, 0.1) is 10.1 Å². The molecule has 0 spiro atoms. The van der Waals surface area contributed by atoms with Gasteiger partial charge in [0.05, 0.1) is 0 Å². The van der Waals surface area contributed by atoms with Crippen molar-refractivity contribution in [1.82, 2.24) is 0 Å². The van der Waals surface area contributed by atoms with Crippen LogP contribution in [0.1, 0.15) is 71.3 Å². The minimum atomic E-state index is -0.746. The number of ether oxygens (including phenoxy) is 1. The smallest absolute Gasteiger partial charge is 0.382 e. The number of hydrogen-bond acceptors (Lipinski definition) is 4. The van der Waals surface area contributed by atoms with E-state index in [2.05, 4.69) is 24.9 Å². The van der Waals surface area contributed by atoms with E-state index in [4.69, 9.17) is 4.74 Å². The number of hydrogen-bond donors (Lipinski definition) is 0. The number of benzene rings is 1. The molecule has 0 saturated carbocycles. The van der Waals surface area contributed by atoms with Crippen molar-refractivity contribution in [3.05, 3.63) is 53.1 Å². The zero-order chi connectivity index (χ0) is 20.0. The number of rotatable bonds is 12. The van der Waals surface area contributed by atoms with Crippen LogP contribution in [-0.2, 0) is 11.2 Å². The molecule has 0 aliphatic carbocycles. The van der Waals surface area contributed by atoms with Crippen LogP contribution in [0.4, 0.5) is 0 Å². The van der Waals surface area contributed by atoms with Crippen molar-refractivity contribution < 1.29 is 44.2 Å². The maximum Gasteiger partial charge on any atom is 1.00 e. The van der Waals surface area contributed by atoms with Gasteiger partial charge in [0.1, 0.15) is 5.75 Å². The zero-order valence-electron chi connectivity index (χ0n) is 17.9. The molecule has 0 amide bonds. The van der Waals surface area contributed by atoms with Crippen molar-refractivity contribution in [2.24, 2.45) is 0 Å². The Morgan fingerprint density at radius 2 is 1.44 bits per heavy atom. The molecule has 0 N–H and O–H groups in total. The van der Waals surface area contributed by atoms with Crippen LogP contribution >= 0.6 is 0 Å². The van der Waals surface area contributed by atoms with Gasteiger partial charge in [-0.2, -0.15) is 0 Å². The van der Waals surface area contributed by atoms with E-state index in [1.165, 1.54) is 38.5 Å². The molecule has 27 heavy (non-hydrogen) atoms. The number of unbranched alkanes of at least 4 members (excludes halogenated alkanes) is 6. The molecule has 0 aliphatic heterocycles. The van der Waals surface area contributed by atoms with Crippen LogP contribution in [0.15, 0.2) is 37.4 Å². The first-order chi connectivity index (χ1) is 12.7. The van der Waals surface area contributed by atoms with Crippen molar-refractivity contribution >= 4 is 0 Å². The molecule has 1 aromatic rings. The van der Waals surface area contributed by atoms with Crippen LogP contribution in [-0.4, -0.2) is 18.3 Å². The van der Waals surface area contributed by atoms with Crippen molar-refractivity contribution in [3.63, 3.8) is 0 Å². The summed E-state index contributed by atoms with van der Waals surface area (Å²) in [6, 6.07) is 7.20. The summed E-state index contributed by atoms with van der Waals surface area (Å²) in [4.78, 5) is 15.0. The van der Waals surface area contributed by atoms with Crippen LogP contribution < -0.4 is 34.4 Å². The fraction of sp³-hybridized carbons (Fsp3) is 0.619. The molecule has 0 saturated heterocycles. The number of aryl methyl sites for hydroxylation is 1. The summed E-state index contributed by atoms with van der Waals surface area (Å²) in [7, 11) is 0. The topological polar surface area (TPSA) is 61.6 Å². The Labute approximate surface area is 187 Å². The Kier molecular flexibility index (Phi) is 28.7.